The Morgan fingerprint density at radius 2 is 2.04 bits per heavy atom. The van der Waals surface area contributed by atoms with Crippen LogP contribution in [0.4, 0.5) is 0 Å². The fourth-order valence-corrected chi connectivity index (χ4v) is 3.38. The quantitative estimate of drug-likeness (QED) is 0.460. The van der Waals surface area contributed by atoms with E-state index in [4.69, 9.17) is 0 Å². The molecule has 2 heterocycles. The minimum Gasteiger partial charge on any atom is -0.271 e. The van der Waals surface area contributed by atoms with E-state index in [0.717, 1.165) is 15.9 Å². The molecule has 24 heavy (non-hydrogen) atoms. The van der Waals surface area contributed by atoms with Crippen LogP contribution in [-0.2, 0) is 11.3 Å². The molecule has 0 atom stereocenters. The zero-order valence-electron chi connectivity index (χ0n) is 12.6. The number of nitrogens with one attached hydrogen (secondary N) is 1. The van der Waals surface area contributed by atoms with E-state index in [9.17, 15) is 4.79 Å². The van der Waals surface area contributed by atoms with Crippen LogP contribution in [0.3, 0.4) is 0 Å². The van der Waals surface area contributed by atoms with Gasteiger partial charge in [0.15, 0.2) is 0 Å². The number of thiophene rings is 1. The second kappa shape index (κ2) is 6.21. The number of aromatic nitrogens is 3. The second-order valence-corrected chi connectivity index (χ2v) is 6.33. The van der Waals surface area contributed by atoms with Crippen molar-refractivity contribution >= 4 is 44.6 Å². The normalized spacial score (nSPS) is 11.5. The van der Waals surface area contributed by atoms with Gasteiger partial charge in [0.25, 0.3) is 5.91 Å². The minimum absolute atomic E-state index is 0.0737. The standard InChI is InChI=1S/C17H13N5OS/c23-17(11-22-15-7-3-2-6-14(15)19-21-22)20-18-10-13-9-12-5-1-4-8-16(12)24-13/h1-10H,11H2,(H,20,23)/b18-10+. The number of rotatable bonds is 4. The lowest BCUT2D eigenvalue weighted by molar-refractivity contribution is -0.121. The fraction of sp³-hybridized carbons (Fsp3) is 0.0588. The van der Waals surface area contributed by atoms with Crippen molar-refractivity contribution in [3.8, 4) is 0 Å². The average molecular weight is 335 g/mol. The number of hydrogen-bond acceptors (Lipinski definition) is 5. The molecule has 0 radical (unpaired) electrons. The lowest BCUT2D eigenvalue weighted by Gasteiger charge is -2.00. The minimum atomic E-state index is -0.247. The molecular formula is C17H13N5OS. The van der Waals surface area contributed by atoms with E-state index in [-0.39, 0.29) is 12.5 Å². The summed E-state index contributed by atoms with van der Waals surface area (Å²) in [7, 11) is 0. The van der Waals surface area contributed by atoms with Crippen LogP contribution in [0.15, 0.2) is 59.7 Å². The maximum atomic E-state index is 12.0. The van der Waals surface area contributed by atoms with Crippen LogP contribution in [0.2, 0.25) is 0 Å². The van der Waals surface area contributed by atoms with E-state index >= 15 is 0 Å². The molecular weight excluding hydrogens is 322 g/mol. The maximum Gasteiger partial charge on any atom is 0.261 e. The molecule has 0 aliphatic carbocycles. The lowest BCUT2D eigenvalue weighted by Crippen LogP contribution is -2.23. The Labute approximate surface area is 141 Å². The van der Waals surface area contributed by atoms with Crippen LogP contribution in [0.25, 0.3) is 21.1 Å². The van der Waals surface area contributed by atoms with E-state index in [1.807, 2.05) is 42.5 Å². The van der Waals surface area contributed by atoms with Crippen LogP contribution in [-0.4, -0.2) is 27.1 Å². The third-order valence-corrected chi connectivity index (χ3v) is 4.59. The molecule has 0 spiro atoms. The third kappa shape index (κ3) is 2.89. The van der Waals surface area contributed by atoms with Gasteiger partial charge in [0, 0.05) is 9.58 Å². The second-order valence-electron chi connectivity index (χ2n) is 5.22. The molecule has 0 bridgehead atoms. The fourth-order valence-electron chi connectivity index (χ4n) is 2.44. The molecule has 0 saturated heterocycles. The number of carbonyl (C=O) groups excluding carboxylic acids is 1. The number of hydrogen-bond donors (Lipinski definition) is 1. The SMILES string of the molecule is O=C(Cn1nnc2ccccc21)N/N=C/c1cc2ccccc2s1. The molecule has 2 aromatic heterocycles. The molecule has 0 aliphatic heterocycles. The summed E-state index contributed by atoms with van der Waals surface area (Å²) in [6.45, 7) is 0.0737. The van der Waals surface area contributed by atoms with Crippen molar-refractivity contribution in [2.24, 2.45) is 5.10 Å². The molecule has 2 aromatic carbocycles. The van der Waals surface area contributed by atoms with Gasteiger partial charge in [-0.1, -0.05) is 35.5 Å². The zero-order valence-corrected chi connectivity index (χ0v) is 13.4. The maximum absolute atomic E-state index is 12.0. The topological polar surface area (TPSA) is 72.2 Å². The van der Waals surface area contributed by atoms with Gasteiger partial charge in [-0.3, -0.25) is 4.79 Å². The van der Waals surface area contributed by atoms with Crippen LogP contribution in [0.5, 0.6) is 0 Å². The Kier molecular flexibility index (Phi) is 3.76. The van der Waals surface area contributed by atoms with Gasteiger partial charge in [0.1, 0.15) is 12.1 Å². The lowest BCUT2D eigenvalue weighted by atomic mass is 10.2. The van der Waals surface area contributed by atoms with Crippen LogP contribution in [0.1, 0.15) is 4.88 Å². The van der Waals surface area contributed by atoms with Crippen molar-refractivity contribution in [1.82, 2.24) is 20.4 Å². The van der Waals surface area contributed by atoms with Crippen LogP contribution >= 0.6 is 11.3 Å². The van der Waals surface area contributed by atoms with Crippen molar-refractivity contribution in [3.63, 3.8) is 0 Å². The van der Waals surface area contributed by atoms with Gasteiger partial charge in [-0.05, 0) is 29.7 Å². The highest BCUT2D eigenvalue weighted by molar-refractivity contribution is 7.20. The van der Waals surface area contributed by atoms with E-state index in [0.29, 0.717) is 0 Å². The first kappa shape index (κ1) is 14.5. The molecule has 0 saturated carbocycles. The molecule has 0 aliphatic rings. The van der Waals surface area contributed by atoms with Gasteiger partial charge in [-0.15, -0.1) is 16.4 Å². The van der Waals surface area contributed by atoms with Crippen LogP contribution < -0.4 is 5.43 Å². The van der Waals surface area contributed by atoms with Gasteiger partial charge in [-0.2, -0.15) is 5.10 Å². The summed E-state index contributed by atoms with van der Waals surface area (Å²) in [4.78, 5) is 13.0. The smallest absolute Gasteiger partial charge is 0.261 e. The summed E-state index contributed by atoms with van der Waals surface area (Å²) in [5.41, 5.74) is 4.11. The molecule has 4 rings (SSSR count). The number of nitrogens with zero attached hydrogens (tertiary/aromatic N) is 4. The highest BCUT2D eigenvalue weighted by Gasteiger charge is 2.07. The molecule has 6 nitrogen and oxygen atoms in total. The highest BCUT2D eigenvalue weighted by Crippen LogP contribution is 2.23. The molecule has 1 amide bonds. The van der Waals surface area contributed by atoms with E-state index in [1.54, 1.807) is 22.2 Å². The molecule has 4 aromatic rings. The van der Waals surface area contributed by atoms with Crippen molar-refractivity contribution in [1.29, 1.82) is 0 Å². The van der Waals surface area contributed by atoms with Gasteiger partial charge in [0.2, 0.25) is 0 Å². The first-order valence-electron chi connectivity index (χ1n) is 7.38. The van der Waals surface area contributed by atoms with Crippen LogP contribution in [0, 0.1) is 0 Å². The molecule has 0 fully saturated rings. The van der Waals surface area contributed by atoms with E-state index in [1.165, 1.54) is 10.1 Å². The van der Waals surface area contributed by atoms with Gasteiger partial charge < -0.3 is 0 Å². The van der Waals surface area contributed by atoms with Gasteiger partial charge in [0.05, 0.1) is 11.7 Å². The molecule has 7 heteroatoms. The highest BCUT2D eigenvalue weighted by atomic mass is 32.1. The molecule has 0 unspecified atom stereocenters. The average Bonchev–Trinajstić information content (AvgIpc) is 3.19. The van der Waals surface area contributed by atoms with Crippen molar-refractivity contribution in [2.75, 3.05) is 0 Å². The van der Waals surface area contributed by atoms with E-state index in [2.05, 4.69) is 33.0 Å². The van der Waals surface area contributed by atoms with Gasteiger partial charge in [-0.25, -0.2) is 10.1 Å². The Hall–Kier alpha value is -3.06. The number of benzene rings is 2. The Morgan fingerprint density at radius 3 is 2.96 bits per heavy atom. The predicted octanol–water partition coefficient (Wildman–Crippen LogP) is 2.80. The third-order valence-electron chi connectivity index (χ3n) is 3.54. The summed E-state index contributed by atoms with van der Waals surface area (Å²) < 4.78 is 2.75. The van der Waals surface area contributed by atoms with E-state index < -0.39 is 0 Å². The zero-order chi connectivity index (χ0) is 16.4. The monoisotopic (exact) mass is 335 g/mol. The Bertz CT molecular complexity index is 1020. The summed E-state index contributed by atoms with van der Waals surface area (Å²) in [6.07, 6.45) is 1.65. The Balaban J connectivity index is 1.42. The summed E-state index contributed by atoms with van der Waals surface area (Å²) in [6, 6.07) is 17.7. The summed E-state index contributed by atoms with van der Waals surface area (Å²) >= 11 is 1.63. The molecule has 118 valence electrons. The Morgan fingerprint density at radius 1 is 1.21 bits per heavy atom. The number of amides is 1. The number of hydrazone groups is 1. The summed E-state index contributed by atoms with van der Waals surface area (Å²) in [5, 5.41) is 13.2. The van der Waals surface area contributed by atoms with Gasteiger partial charge >= 0.3 is 0 Å². The number of para-hydroxylation sites is 1. The number of fused-ring (bicyclic) bond motifs is 2. The van der Waals surface area contributed by atoms with Crippen molar-refractivity contribution in [3.05, 3.63) is 59.5 Å². The predicted molar refractivity (Wildman–Crippen MR) is 95.1 cm³/mol. The largest absolute Gasteiger partial charge is 0.271 e. The first-order valence-corrected chi connectivity index (χ1v) is 8.20. The molecule has 1 N–H and O–H groups in total. The summed E-state index contributed by atoms with van der Waals surface area (Å²) in [5.74, 6) is -0.247. The van der Waals surface area contributed by atoms with Crippen molar-refractivity contribution in [2.45, 2.75) is 6.54 Å². The number of carbonyl (C=O) groups is 1. The first-order chi connectivity index (χ1) is 11.8. The van der Waals surface area contributed by atoms with Crippen molar-refractivity contribution < 1.29 is 4.79 Å².